The number of allylic oxidation sites excluding steroid dienone is 1. The normalized spacial score (nSPS) is 15.6. The van der Waals surface area contributed by atoms with Crippen molar-refractivity contribution in [2.24, 2.45) is 4.99 Å². The topological polar surface area (TPSA) is 50.7 Å². The Morgan fingerprint density at radius 1 is 0.903 bits per heavy atom. The van der Waals surface area contributed by atoms with Gasteiger partial charge in [0.25, 0.3) is 5.91 Å². The van der Waals surface area contributed by atoms with Crippen molar-refractivity contribution >= 4 is 23.0 Å². The first kappa shape index (κ1) is 20.6. The molecule has 0 aromatic heterocycles. The Morgan fingerprint density at radius 3 is 2.48 bits per heavy atom. The van der Waals surface area contributed by atoms with Gasteiger partial charge < -0.3 is 10.1 Å². The molecule has 4 rings (SSSR count). The molecule has 0 bridgehead atoms. The number of carbonyl (C=O) groups is 1. The molecule has 1 aliphatic heterocycles. The van der Waals surface area contributed by atoms with E-state index in [1.165, 1.54) is 0 Å². The maximum Gasteiger partial charge on any atom is 0.255 e. The van der Waals surface area contributed by atoms with Crippen LogP contribution in [0.15, 0.2) is 89.9 Å². The van der Waals surface area contributed by atoms with Gasteiger partial charge in [-0.2, -0.15) is 0 Å². The number of amides is 1. The summed E-state index contributed by atoms with van der Waals surface area (Å²) in [5, 5.41) is 2.99. The van der Waals surface area contributed by atoms with Crippen LogP contribution < -0.4 is 10.1 Å². The van der Waals surface area contributed by atoms with Crippen molar-refractivity contribution in [2.45, 2.75) is 25.7 Å². The van der Waals surface area contributed by atoms with Gasteiger partial charge in [0.1, 0.15) is 5.75 Å². The molecule has 0 aliphatic carbocycles. The molecule has 0 unspecified atom stereocenters. The van der Waals surface area contributed by atoms with Gasteiger partial charge in [-0.1, -0.05) is 36.4 Å². The molecule has 1 N–H and O–H groups in total. The molecule has 4 heteroatoms. The molecule has 156 valence electrons. The Kier molecular flexibility index (Phi) is 6.58. The highest BCUT2D eigenvalue weighted by atomic mass is 16.5. The van der Waals surface area contributed by atoms with Crippen LogP contribution >= 0.6 is 0 Å². The van der Waals surface area contributed by atoms with Gasteiger partial charge in [0, 0.05) is 22.5 Å². The fourth-order valence-corrected chi connectivity index (χ4v) is 3.65. The summed E-state index contributed by atoms with van der Waals surface area (Å²) in [4.78, 5) is 17.6. The van der Waals surface area contributed by atoms with E-state index in [1.807, 2.05) is 66.7 Å². The van der Waals surface area contributed by atoms with E-state index in [-0.39, 0.29) is 5.91 Å². The highest BCUT2D eigenvalue weighted by molar-refractivity contribution is 6.05. The number of carbonyl (C=O) groups excluding carboxylic acids is 1. The smallest absolute Gasteiger partial charge is 0.255 e. The lowest BCUT2D eigenvalue weighted by atomic mass is 10.00. The van der Waals surface area contributed by atoms with Crippen molar-refractivity contribution in [2.75, 3.05) is 12.4 Å². The predicted octanol–water partition coefficient (Wildman–Crippen LogP) is 6.35. The van der Waals surface area contributed by atoms with Gasteiger partial charge in [-0.25, -0.2) is 0 Å². The van der Waals surface area contributed by atoms with Crippen molar-refractivity contribution in [1.82, 2.24) is 0 Å². The molecule has 3 aromatic carbocycles. The van der Waals surface area contributed by atoms with E-state index >= 15 is 0 Å². The van der Waals surface area contributed by atoms with Crippen molar-refractivity contribution in [3.8, 4) is 5.75 Å². The Morgan fingerprint density at radius 2 is 1.71 bits per heavy atom. The molecule has 0 spiro atoms. The van der Waals surface area contributed by atoms with Crippen LogP contribution in [-0.2, 0) is 0 Å². The number of aliphatic imine (C=N–C) groups is 1. The number of ether oxygens (including phenoxy) is 1. The van der Waals surface area contributed by atoms with E-state index in [1.54, 1.807) is 7.11 Å². The molecule has 1 amide bonds. The number of hydrogen-bond donors (Lipinski definition) is 1. The zero-order chi connectivity index (χ0) is 21.5. The summed E-state index contributed by atoms with van der Waals surface area (Å²) in [6, 6.07) is 25.2. The van der Waals surface area contributed by atoms with Crippen LogP contribution in [0.2, 0.25) is 0 Å². The molecule has 0 saturated heterocycles. The molecule has 0 fully saturated rings. The molecule has 31 heavy (non-hydrogen) atoms. The number of rotatable bonds is 5. The molecule has 1 aliphatic rings. The Hall–Kier alpha value is -3.66. The van der Waals surface area contributed by atoms with Gasteiger partial charge in [-0.3, -0.25) is 9.79 Å². The molecule has 0 saturated carbocycles. The van der Waals surface area contributed by atoms with Gasteiger partial charge in [0.2, 0.25) is 0 Å². The lowest BCUT2D eigenvalue weighted by Crippen LogP contribution is -2.11. The number of benzene rings is 3. The van der Waals surface area contributed by atoms with Crippen molar-refractivity contribution in [3.63, 3.8) is 0 Å². The fraction of sp³-hybridized carbons (Fsp3) is 0.185. The third kappa shape index (κ3) is 5.28. The van der Waals surface area contributed by atoms with Gasteiger partial charge in [-0.15, -0.1) is 0 Å². The third-order valence-electron chi connectivity index (χ3n) is 5.34. The van der Waals surface area contributed by atoms with Crippen LogP contribution in [0.5, 0.6) is 5.75 Å². The molecule has 0 atom stereocenters. The third-order valence-corrected chi connectivity index (χ3v) is 5.34. The molecular formula is C27H26N2O2. The second-order valence-electron chi connectivity index (χ2n) is 7.52. The second kappa shape index (κ2) is 9.90. The van der Waals surface area contributed by atoms with Crippen molar-refractivity contribution in [1.29, 1.82) is 0 Å². The van der Waals surface area contributed by atoms with Crippen LogP contribution in [0.4, 0.5) is 5.69 Å². The van der Waals surface area contributed by atoms with Gasteiger partial charge in [0.15, 0.2) is 0 Å². The van der Waals surface area contributed by atoms with E-state index in [4.69, 9.17) is 9.73 Å². The van der Waals surface area contributed by atoms with E-state index in [0.717, 1.165) is 59.7 Å². The second-order valence-corrected chi connectivity index (χ2v) is 7.52. The SMILES string of the molecule is COc1ccc(C2=N/C(c3cccc(NC(=O)c4ccccc4)c3)=C\CCCC2)cc1. The van der Waals surface area contributed by atoms with Crippen LogP contribution in [0.3, 0.4) is 0 Å². The Labute approximate surface area is 183 Å². The van der Waals surface area contributed by atoms with Crippen LogP contribution in [0, 0.1) is 0 Å². The van der Waals surface area contributed by atoms with E-state index in [9.17, 15) is 4.79 Å². The fourth-order valence-electron chi connectivity index (χ4n) is 3.65. The largest absolute Gasteiger partial charge is 0.497 e. The lowest BCUT2D eigenvalue weighted by Gasteiger charge is -2.14. The van der Waals surface area contributed by atoms with E-state index in [0.29, 0.717) is 5.56 Å². The summed E-state index contributed by atoms with van der Waals surface area (Å²) in [6.07, 6.45) is 6.37. The number of methoxy groups -OCH3 is 1. The lowest BCUT2D eigenvalue weighted by molar-refractivity contribution is 0.102. The maximum absolute atomic E-state index is 12.5. The minimum Gasteiger partial charge on any atom is -0.497 e. The molecule has 4 nitrogen and oxygen atoms in total. The minimum atomic E-state index is -0.119. The predicted molar refractivity (Wildman–Crippen MR) is 127 cm³/mol. The van der Waals surface area contributed by atoms with E-state index in [2.05, 4.69) is 23.5 Å². The maximum atomic E-state index is 12.5. The average molecular weight is 411 g/mol. The minimum absolute atomic E-state index is 0.119. The zero-order valence-electron chi connectivity index (χ0n) is 17.7. The van der Waals surface area contributed by atoms with Crippen LogP contribution in [0.25, 0.3) is 5.70 Å². The number of hydrogen-bond acceptors (Lipinski definition) is 3. The quantitative estimate of drug-likeness (QED) is 0.533. The first-order valence-electron chi connectivity index (χ1n) is 10.6. The number of nitrogens with zero attached hydrogens (tertiary/aromatic N) is 1. The Bertz CT molecular complexity index is 1100. The highest BCUT2D eigenvalue weighted by Gasteiger charge is 2.11. The van der Waals surface area contributed by atoms with E-state index < -0.39 is 0 Å². The van der Waals surface area contributed by atoms with Crippen molar-refractivity contribution in [3.05, 3.63) is 102 Å². The zero-order valence-corrected chi connectivity index (χ0v) is 17.7. The Balaban J connectivity index is 1.60. The summed E-state index contributed by atoms with van der Waals surface area (Å²) < 4.78 is 5.28. The van der Waals surface area contributed by atoms with Gasteiger partial charge in [-0.05, 0) is 79.8 Å². The number of nitrogens with one attached hydrogen (secondary N) is 1. The average Bonchev–Trinajstić information content (AvgIpc) is 2.80. The summed E-state index contributed by atoms with van der Waals surface area (Å²) >= 11 is 0. The summed E-state index contributed by atoms with van der Waals surface area (Å²) in [6.45, 7) is 0. The van der Waals surface area contributed by atoms with Gasteiger partial charge in [0.05, 0.1) is 12.8 Å². The molecule has 3 aromatic rings. The molecule has 1 heterocycles. The van der Waals surface area contributed by atoms with Gasteiger partial charge >= 0.3 is 0 Å². The summed E-state index contributed by atoms with van der Waals surface area (Å²) in [5.74, 6) is 0.722. The molecular weight excluding hydrogens is 384 g/mol. The van der Waals surface area contributed by atoms with Crippen LogP contribution in [-0.4, -0.2) is 18.7 Å². The molecule has 0 radical (unpaired) electrons. The first-order valence-corrected chi connectivity index (χ1v) is 10.6. The van der Waals surface area contributed by atoms with Crippen molar-refractivity contribution < 1.29 is 9.53 Å². The summed E-state index contributed by atoms with van der Waals surface area (Å²) in [5.41, 5.74) is 5.53. The monoisotopic (exact) mass is 410 g/mol. The number of anilines is 1. The highest BCUT2D eigenvalue weighted by Crippen LogP contribution is 2.26. The summed E-state index contributed by atoms with van der Waals surface area (Å²) in [7, 11) is 1.67. The first-order chi connectivity index (χ1) is 15.2. The standard InChI is InChI=1S/C27H26N2O2/c1-31-24-17-15-20(16-18-24)25-13-6-3-7-14-26(29-25)22-11-8-12-23(19-22)28-27(30)21-9-4-2-5-10-21/h2,4-5,8-12,14-19H,3,6-7,13H2,1H3,(H,28,30)/b26-14-,29-25?. The van der Waals surface area contributed by atoms with Crippen LogP contribution in [0.1, 0.15) is 47.2 Å².